The molecule has 0 spiro atoms. The third-order valence-corrected chi connectivity index (χ3v) is 5.49. The summed E-state index contributed by atoms with van der Waals surface area (Å²) in [4.78, 5) is 17.1. The van der Waals surface area contributed by atoms with Crippen LogP contribution in [0.15, 0.2) is 42.5 Å². The Morgan fingerprint density at radius 3 is 2.96 bits per heavy atom. The molecule has 0 bridgehead atoms. The Labute approximate surface area is 147 Å². The minimum atomic E-state index is -0.838. The smallest absolute Gasteiger partial charge is 0.259 e. The van der Waals surface area contributed by atoms with Crippen LogP contribution in [0.5, 0.6) is 5.75 Å². The van der Waals surface area contributed by atoms with E-state index in [4.69, 9.17) is 4.74 Å². The highest BCUT2D eigenvalue weighted by atomic mass is 32.2. The molecule has 0 radical (unpaired) electrons. The number of carbonyl (C=O) groups is 1. The largest absolute Gasteiger partial charge is 0.496 e. The lowest BCUT2D eigenvalue weighted by Gasteiger charge is -2.14. The molecule has 0 saturated heterocycles. The third-order valence-electron chi connectivity index (χ3n) is 4.27. The van der Waals surface area contributed by atoms with E-state index in [0.717, 1.165) is 16.9 Å². The SMILES string of the molecule is COc1ccccc1C(=O)Nc1ccc2c(c1)nc1n2CCS(=O)C1. The van der Waals surface area contributed by atoms with Crippen molar-refractivity contribution in [3.8, 4) is 5.75 Å². The standard InChI is InChI=1S/C18H17N3O3S/c1-24-16-5-3-2-4-13(16)18(22)19-12-6-7-15-14(10-12)20-17-11-25(23)9-8-21(15)17/h2-7,10H,8-9,11H2,1H3,(H,19,22). The summed E-state index contributed by atoms with van der Waals surface area (Å²) in [5.74, 6) is 2.28. The Hall–Kier alpha value is -2.67. The Morgan fingerprint density at radius 1 is 1.28 bits per heavy atom. The number of carbonyl (C=O) groups excluding carboxylic acids is 1. The number of methoxy groups -OCH3 is 1. The first kappa shape index (κ1) is 15.8. The highest BCUT2D eigenvalue weighted by Crippen LogP contribution is 2.25. The van der Waals surface area contributed by atoms with Gasteiger partial charge in [-0.25, -0.2) is 4.98 Å². The van der Waals surface area contributed by atoms with Crippen LogP contribution in [-0.2, 0) is 23.1 Å². The van der Waals surface area contributed by atoms with Gasteiger partial charge in [0.05, 0.1) is 29.5 Å². The fraction of sp³-hybridized carbons (Fsp3) is 0.222. The predicted octanol–water partition coefficient (Wildman–Crippen LogP) is 2.56. The van der Waals surface area contributed by atoms with Crippen LogP contribution < -0.4 is 10.1 Å². The summed E-state index contributed by atoms with van der Waals surface area (Å²) in [6, 6.07) is 12.7. The zero-order valence-corrected chi connectivity index (χ0v) is 14.5. The number of aromatic nitrogens is 2. The molecule has 128 valence electrons. The number of hydrogen-bond donors (Lipinski definition) is 1. The highest BCUT2D eigenvalue weighted by Gasteiger charge is 2.19. The Balaban J connectivity index is 1.64. The average molecular weight is 355 g/mol. The van der Waals surface area contributed by atoms with Crippen LogP contribution in [0.25, 0.3) is 11.0 Å². The number of anilines is 1. The second-order valence-corrected chi connectivity index (χ2v) is 7.40. The van der Waals surface area contributed by atoms with Gasteiger partial charge in [0.15, 0.2) is 0 Å². The van der Waals surface area contributed by atoms with Crippen LogP contribution in [0.3, 0.4) is 0 Å². The summed E-state index contributed by atoms with van der Waals surface area (Å²) in [7, 11) is 0.701. The van der Waals surface area contributed by atoms with Crippen molar-refractivity contribution in [3.63, 3.8) is 0 Å². The Morgan fingerprint density at radius 2 is 2.12 bits per heavy atom. The van der Waals surface area contributed by atoms with Crippen LogP contribution >= 0.6 is 0 Å². The van der Waals surface area contributed by atoms with Crippen molar-refractivity contribution in [2.24, 2.45) is 0 Å². The van der Waals surface area contributed by atoms with E-state index in [9.17, 15) is 9.00 Å². The maximum absolute atomic E-state index is 12.5. The van der Waals surface area contributed by atoms with Crippen LogP contribution in [0, 0.1) is 0 Å². The number of amides is 1. The van der Waals surface area contributed by atoms with Gasteiger partial charge >= 0.3 is 0 Å². The van der Waals surface area contributed by atoms with Gasteiger partial charge < -0.3 is 14.6 Å². The monoisotopic (exact) mass is 355 g/mol. The first-order valence-corrected chi connectivity index (χ1v) is 9.43. The molecule has 0 aliphatic carbocycles. The highest BCUT2D eigenvalue weighted by molar-refractivity contribution is 7.84. The van der Waals surface area contributed by atoms with Crippen molar-refractivity contribution in [1.82, 2.24) is 9.55 Å². The first-order valence-electron chi connectivity index (χ1n) is 7.94. The molecule has 2 heterocycles. The number of nitrogens with zero attached hydrogens (tertiary/aromatic N) is 2. The van der Waals surface area contributed by atoms with Crippen LogP contribution in [0.2, 0.25) is 0 Å². The van der Waals surface area contributed by atoms with Crippen LogP contribution in [0.4, 0.5) is 5.69 Å². The Kier molecular flexibility index (Phi) is 4.01. The number of nitrogens with one attached hydrogen (secondary N) is 1. The second-order valence-electron chi connectivity index (χ2n) is 5.83. The number of aryl methyl sites for hydroxylation is 1. The molecule has 3 aromatic rings. The van der Waals surface area contributed by atoms with E-state index in [1.165, 1.54) is 7.11 Å². The molecular formula is C18H17N3O3S. The summed E-state index contributed by atoms with van der Waals surface area (Å²) < 4.78 is 19.1. The van der Waals surface area contributed by atoms with Crippen molar-refractivity contribution >= 4 is 33.4 Å². The van der Waals surface area contributed by atoms with E-state index in [2.05, 4.69) is 14.9 Å². The van der Waals surface area contributed by atoms with Crippen molar-refractivity contribution in [2.45, 2.75) is 12.3 Å². The van der Waals surface area contributed by atoms with E-state index in [1.54, 1.807) is 18.2 Å². The molecule has 7 heteroatoms. The van der Waals surface area contributed by atoms with Gasteiger partial charge in [0.25, 0.3) is 5.91 Å². The summed E-state index contributed by atoms with van der Waals surface area (Å²) in [5.41, 5.74) is 2.94. The predicted molar refractivity (Wildman–Crippen MR) is 97.4 cm³/mol. The second kappa shape index (κ2) is 6.33. The number of ether oxygens (including phenoxy) is 1. The molecular weight excluding hydrogens is 338 g/mol. The molecule has 25 heavy (non-hydrogen) atoms. The van der Waals surface area contributed by atoms with Gasteiger partial charge in [-0.2, -0.15) is 0 Å². The summed E-state index contributed by atoms with van der Waals surface area (Å²) >= 11 is 0. The molecule has 1 aromatic heterocycles. The van der Waals surface area contributed by atoms with E-state index in [0.29, 0.717) is 35.1 Å². The van der Waals surface area contributed by atoms with Crippen molar-refractivity contribution in [3.05, 3.63) is 53.9 Å². The lowest BCUT2D eigenvalue weighted by atomic mass is 10.2. The van der Waals surface area contributed by atoms with Gasteiger partial charge in [-0.05, 0) is 30.3 Å². The number of fused-ring (bicyclic) bond motifs is 3. The Bertz CT molecular complexity index is 996. The minimum Gasteiger partial charge on any atom is -0.496 e. The molecule has 1 unspecified atom stereocenters. The number of hydrogen-bond acceptors (Lipinski definition) is 4. The molecule has 1 atom stereocenters. The first-order chi connectivity index (χ1) is 12.2. The van der Waals surface area contributed by atoms with Gasteiger partial charge in [-0.15, -0.1) is 0 Å². The van der Waals surface area contributed by atoms with Gasteiger partial charge in [0, 0.05) is 28.8 Å². The molecule has 0 saturated carbocycles. The summed E-state index contributed by atoms with van der Waals surface area (Å²) in [6.45, 7) is 0.714. The fourth-order valence-electron chi connectivity index (χ4n) is 3.06. The topological polar surface area (TPSA) is 73.2 Å². The maximum atomic E-state index is 12.5. The maximum Gasteiger partial charge on any atom is 0.259 e. The van der Waals surface area contributed by atoms with Gasteiger partial charge in [0.1, 0.15) is 11.6 Å². The zero-order valence-electron chi connectivity index (χ0n) is 13.7. The van der Waals surface area contributed by atoms with E-state index in [1.807, 2.05) is 24.3 Å². The normalized spacial score (nSPS) is 16.4. The third kappa shape index (κ3) is 2.91. The van der Waals surface area contributed by atoms with Crippen molar-refractivity contribution in [1.29, 1.82) is 0 Å². The molecule has 2 aromatic carbocycles. The number of benzene rings is 2. The molecule has 4 rings (SSSR count). The lowest BCUT2D eigenvalue weighted by molar-refractivity contribution is 0.102. The van der Waals surface area contributed by atoms with Gasteiger partial charge in [0.2, 0.25) is 0 Å². The molecule has 1 amide bonds. The van der Waals surface area contributed by atoms with E-state index < -0.39 is 10.8 Å². The number of para-hydroxylation sites is 1. The molecule has 0 fully saturated rings. The zero-order chi connectivity index (χ0) is 17.4. The number of rotatable bonds is 3. The van der Waals surface area contributed by atoms with Gasteiger partial charge in [-0.1, -0.05) is 12.1 Å². The molecule has 1 N–H and O–H groups in total. The van der Waals surface area contributed by atoms with Crippen molar-refractivity contribution in [2.75, 3.05) is 18.2 Å². The summed E-state index contributed by atoms with van der Waals surface area (Å²) in [6.07, 6.45) is 0. The van der Waals surface area contributed by atoms with Crippen LogP contribution in [-0.4, -0.2) is 32.5 Å². The fourth-order valence-corrected chi connectivity index (χ4v) is 4.10. The summed E-state index contributed by atoms with van der Waals surface area (Å²) in [5, 5.41) is 2.89. The number of imidazole rings is 1. The lowest BCUT2D eigenvalue weighted by Crippen LogP contribution is -2.19. The molecule has 1 aliphatic heterocycles. The molecule has 6 nitrogen and oxygen atoms in total. The molecule has 1 aliphatic rings. The quantitative estimate of drug-likeness (QED) is 0.784. The van der Waals surface area contributed by atoms with E-state index >= 15 is 0 Å². The van der Waals surface area contributed by atoms with Crippen LogP contribution in [0.1, 0.15) is 16.2 Å². The van der Waals surface area contributed by atoms with Crippen molar-refractivity contribution < 1.29 is 13.7 Å². The van der Waals surface area contributed by atoms with E-state index in [-0.39, 0.29) is 5.91 Å². The average Bonchev–Trinajstić information content (AvgIpc) is 2.98. The minimum absolute atomic E-state index is 0.234. The van der Waals surface area contributed by atoms with Gasteiger partial charge in [-0.3, -0.25) is 9.00 Å².